The van der Waals surface area contributed by atoms with E-state index < -0.39 is 5.97 Å². The van der Waals surface area contributed by atoms with Crippen LogP contribution in [0, 0.1) is 0 Å². The summed E-state index contributed by atoms with van der Waals surface area (Å²) >= 11 is 1.68. The lowest BCUT2D eigenvalue weighted by molar-refractivity contribution is 0.0697. The van der Waals surface area contributed by atoms with Gasteiger partial charge >= 0.3 is 5.97 Å². The predicted octanol–water partition coefficient (Wildman–Crippen LogP) is 3.97. The van der Waals surface area contributed by atoms with Crippen LogP contribution in [0.4, 0.5) is 0 Å². The molecule has 0 aliphatic carbocycles. The first-order valence-electron chi connectivity index (χ1n) is 6.88. The van der Waals surface area contributed by atoms with Crippen molar-refractivity contribution in [2.45, 2.75) is 26.3 Å². The van der Waals surface area contributed by atoms with E-state index in [4.69, 9.17) is 5.11 Å². The summed E-state index contributed by atoms with van der Waals surface area (Å²) in [6.45, 7) is 4.21. The van der Waals surface area contributed by atoms with E-state index in [9.17, 15) is 4.79 Å². The molecule has 0 aliphatic heterocycles. The Bertz CT molecular complexity index is 790. The molecule has 1 atom stereocenters. The van der Waals surface area contributed by atoms with Gasteiger partial charge in [-0.1, -0.05) is 6.92 Å². The number of carboxylic acids is 1. The van der Waals surface area contributed by atoms with Crippen LogP contribution in [-0.2, 0) is 6.42 Å². The van der Waals surface area contributed by atoms with E-state index in [2.05, 4.69) is 40.2 Å². The number of thiophene rings is 1. The summed E-state index contributed by atoms with van der Waals surface area (Å²) in [5, 5.41) is 13.3. The molecule has 108 valence electrons. The van der Waals surface area contributed by atoms with Crippen molar-refractivity contribution in [1.29, 1.82) is 0 Å². The minimum absolute atomic E-state index is 0.187. The van der Waals surface area contributed by atoms with Gasteiger partial charge in [0.25, 0.3) is 0 Å². The standard InChI is InChI=1S/C16H16N2O2S/c1-3-15-17-13-8-11(16(19)20)4-5-14(13)18(15)10(2)12-6-7-21-9-12/h4-10H,3H2,1-2H3,(H,19,20). The molecule has 3 rings (SSSR count). The number of carbonyl (C=O) groups is 1. The number of rotatable bonds is 4. The molecule has 1 unspecified atom stereocenters. The summed E-state index contributed by atoms with van der Waals surface area (Å²) in [6, 6.07) is 7.45. The number of carboxylic acid groups (broad SMARTS) is 1. The Kier molecular flexibility index (Phi) is 3.51. The third-order valence-electron chi connectivity index (χ3n) is 3.74. The lowest BCUT2D eigenvalue weighted by Gasteiger charge is -2.16. The maximum absolute atomic E-state index is 11.1. The van der Waals surface area contributed by atoms with Crippen LogP contribution < -0.4 is 0 Å². The Morgan fingerprint density at radius 2 is 2.24 bits per heavy atom. The first-order valence-corrected chi connectivity index (χ1v) is 7.82. The average Bonchev–Trinajstić information content (AvgIpc) is 3.12. The van der Waals surface area contributed by atoms with Crippen LogP contribution in [0.3, 0.4) is 0 Å². The fourth-order valence-electron chi connectivity index (χ4n) is 2.63. The second-order valence-corrected chi connectivity index (χ2v) is 5.77. The van der Waals surface area contributed by atoms with E-state index in [1.54, 1.807) is 23.5 Å². The van der Waals surface area contributed by atoms with Crippen molar-refractivity contribution in [3.05, 3.63) is 52.0 Å². The first kappa shape index (κ1) is 13.8. The minimum Gasteiger partial charge on any atom is -0.478 e. The Labute approximate surface area is 126 Å². The predicted molar refractivity (Wildman–Crippen MR) is 84.2 cm³/mol. The van der Waals surface area contributed by atoms with Crippen molar-refractivity contribution < 1.29 is 9.90 Å². The Morgan fingerprint density at radius 1 is 1.43 bits per heavy atom. The molecule has 0 radical (unpaired) electrons. The molecule has 5 heteroatoms. The number of aromatic nitrogens is 2. The fourth-order valence-corrected chi connectivity index (χ4v) is 3.37. The molecule has 0 bridgehead atoms. The quantitative estimate of drug-likeness (QED) is 0.793. The molecule has 0 saturated heterocycles. The number of nitrogens with zero attached hydrogens (tertiary/aromatic N) is 2. The van der Waals surface area contributed by atoms with Crippen LogP contribution in [-0.4, -0.2) is 20.6 Å². The lowest BCUT2D eigenvalue weighted by atomic mass is 10.1. The topological polar surface area (TPSA) is 55.1 Å². The Morgan fingerprint density at radius 3 is 2.86 bits per heavy atom. The molecular weight excluding hydrogens is 284 g/mol. The van der Waals surface area contributed by atoms with Crippen LogP contribution in [0.15, 0.2) is 35.0 Å². The SMILES string of the molecule is CCc1nc2cc(C(=O)O)ccc2n1C(C)c1ccsc1. The molecule has 2 aromatic heterocycles. The van der Waals surface area contributed by atoms with E-state index in [1.807, 2.05) is 6.07 Å². The van der Waals surface area contributed by atoms with E-state index >= 15 is 0 Å². The number of benzene rings is 1. The van der Waals surface area contributed by atoms with Crippen LogP contribution >= 0.6 is 11.3 Å². The van der Waals surface area contributed by atoms with Gasteiger partial charge in [-0.15, -0.1) is 0 Å². The molecule has 0 spiro atoms. The van der Waals surface area contributed by atoms with Crippen LogP contribution in [0.25, 0.3) is 11.0 Å². The lowest BCUT2D eigenvalue weighted by Crippen LogP contribution is -2.09. The van der Waals surface area contributed by atoms with Gasteiger partial charge < -0.3 is 9.67 Å². The summed E-state index contributed by atoms with van der Waals surface area (Å²) in [5.74, 6) is 0.0571. The van der Waals surface area contributed by atoms with E-state index in [0.717, 1.165) is 23.3 Å². The number of hydrogen-bond donors (Lipinski definition) is 1. The van der Waals surface area contributed by atoms with Crippen LogP contribution in [0.1, 0.15) is 41.6 Å². The van der Waals surface area contributed by atoms with Crippen LogP contribution in [0.2, 0.25) is 0 Å². The highest BCUT2D eigenvalue weighted by Crippen LogP contribution is 2.28. The monoisotopic (exact) mass is 300 g/mol. The number of aryl methyl sites for hydroxylation is 1. The average molecular weight is 300 g/mol. The zero-order valence-electron chi connectivity index (χ0n) is 11.9. The van der Waals surface area contributed by atoms with Crippen molar-refractivity contribution in [2.75, 3.05) is 0 Å². The Hall–Kier alpha value is -2.14. The van der Waals surface area contributed by atoms with Gasteiger partial charge in [-0.25, -0.2) is 9.78 Å². The van der Waals surface area contributed by atoms with Gasteiger partial charge in [0.1, 0.15) is 5.82 Å². The number of aromatic carboxylic acids is 1. The summed E-state index contributed by atoms with van der Waals surface area (Å²) in [7, 11) is 0. The fraction of sp³-hybridized carbons (Fsp3) is 0.250. The van der Waals surface area contributed by atoms with Crippen molar-refractivity contribution >= 4 is 28.3 Å². The van der Waals surface area contributed by atoms with Crippen molar-refractivity contribution in [3.63, 3.8) is 0 Å². The van der Waals surface area contributed by atoms with Gasteiger partial charge in [0.05, 0.1) is 22.6 Å². The van der Waals surface area contributed by atoms with Crippen molar-refractivity contribution in [3.8, 4) is 0 Å². The molecular formula is C16H16N2O2S. The van der Waals surface area contributed by atoms with Crippen LogP contribution in [0.5, 0.6) is 0 Å². The van der Waals surface area contributed by atoms with Gasteiger partial charge in [0, 0.05) is 6.42 Å². The molecule has 0 saturated carbocycles. The number of fused-ring (bicyclic) bond motifs is 1. The second-order valence-electron chi connectivity index (χ2n) is 4.99. The van der Waals surface area contributed by atoms with E-state index in [0.29, 0.717) is 0 Å². The zero-order valence-corrected chi connectivity index (χ0v) is 12.7. The molecule has 0 aliphatic rings. The molecule has 1 N–H and O–H groups in total. The maximum atomic E-state index is 11.1. The molecule has 2 heterocycles. The second kappa shape index (κ2) is 5.33. The molecule has 4 nitrogen and oxygen atoms in total. The van der Waals surface area contributed by atoms with Crippen molar-refractivity contribution in [2.24, 2.45) is 0 Å². The summed E-state index contributed by atoms with van der Waals surface area (Å²) < 4.78 is 2.20. The normalized spacial score (nSPS) is 12.7. The smallest absolute Gasteiger partial charge is 0.335 e. The molecule has 1 aromatic carbocycles. The van der Waals surface area contributed by atoms with Gasteiger partial charge in [-0.3, -0.25) is 0 Å². The third kappa shape index (κ3) is 2.34. The van der Waals surface area contributed by atoms with Crippen molar-refractivity contribution in [1.82, 2.24) is 9.55 Å². The minimum atomic E-state index is -0.921. The largest absolute Gasteiger partial charge is 0.478 e. The summed E-state index contributed by atoms with van der Waals surface area (Å²) in [4.78, 5) is 15.7. The van der Waals surface area contributed by atoms with E-state index in [-0.39, 0.29) is 11.6 Å². The first-order chi connectivity index (χ1) is 10.1. The maximum Gasteiger partial charge on any atom is 0.335 e. The molecule has 0 fully saturated rings. The molecule has 21 heavy (non-hydrogen) atoms. The highest BCUT2D eigenvalue weighted by atomic mass is 32.1. The number of hydrogen-bond acceptors (Lipinski definition) is 3. The van der Waals surface area contributed by atoms with Gasteiger partial charge in [-0.2, -0.15) is 11.3 Å². The third-order valence-corrected chi connectivity index (χ3v) is 4.44. The van der Waals surface area contributed by atoms with E-state index in [1.165, 1.54) is 5.56 Å². The molecule has 3 aromatic rings. The molecule has 0 amide bonds. The summed E-state index contributed by atoms with van der Waals surface area (Å²) in [6.07, 6.45) is 0.811. The highest BCUT2D eigenvalue weighted by Gasteiger charge is 2.17. The van der Waals surface area contributed by atoms with Gasteiger partial charge in [0.2, 0.25) is 0 Å². The van der Waals surface area contributed by atoms with Gasteiger partial charge in [0.15, 0.2) is 0 Å². The summed E-state index contributed by atoms with van der Waals surface area (Å²) in [5.41, 5.74) is 3.25. The van der Waals surface area contributed by atoms with Gasteiger partial charge in [-0.05, 0) is 47.5 Å². The number of imidazole rings is 1. The zero-order chi connectivity index (χ0) is 15.0. The Balaban J connectivity index is 2.19. The highest BCUT2D eigenvalue weighted by molar-refractivity contribution is 7.07.